The first-order chi connectivity index (χ1) is 14.1. The molecule has 0 saturated carbocycles. The first-order valence-corrected chi connectivity index (χ1v) is 8.78. The van der Waals surface area contributed by atoms with Crippen LogP contribution < -0.4 is 10.9 Å². The molecule has 0 fully saturated rings. The molecule has 2 aromatic carbocycles. The summed E-state index contributed by atoms with van der Waals surface area (Å²) in [4.78, 5) is 24.5. The number of rotatable bonds is 4. The van der Waals surface area contributed by atoms with Crippen molar-refractivity contribution in [2.75, 3.05) is 0 Å². The van der Waals surface area contributed by atoms with Crippen LogP contribution in [0.5, 0.6) is 0 Å². The molecule has 29 heavy (non-hydrogen) atoms. The fraction of sp³-hybridized carbons (Fsp3) is 0. The maximum absolute atomic E-state index is 12.2. The maximum atomic E-state index is 12.2. The summed E-state index contributed by atoms with van der Waals surface area (Å²) in [7, 11) is 0. The Bertz CT molecular complexity index is 1150. The summed E-state index contributed by atoms with van der Waals surface area (Å²) < 4.78 is 6.99. The number of amides is 2. The zero-order valence-electron chi connectivity index (χ0n) is 14.7. The van der Waals surface area contributed by atoms with E-state index in [1.165, 1.54) is 17.1 Å². The van der Waals surface area contributed by atoms with Gasteiger partial charge in [0.15, 0.2) is 5.76 Å². The van der Waals surface area contributed by atoms with Crippen molar-refractivity contribution in [3.8, 4) is 17.0 Å². The lowest BCUT2D eigenvalue weighted by Crippen LogP contribution is -2.41. The van der Waals surface area contributed by atoms with Crippen LogP contribution in [0, 0.1) is 0 Å². The molecule has 0 spiro atoms. The Morgan fingerprint density at radius 3 is 2.41 bits per heavy atom. The summed E-state index contributed by atoms with van der Waals surface area (Å²) in [5.41, 5.74) is 6.36. The van der Waals surface area contributed by atoms with Crippen molar-refractivity contribution in [2.45, 2.75) is 0 Å². The number of tetrazole rings is 1. The van der Waals surface area contributed by atoms with Crippen molar-refractivity contribution in [1.82, 2.24) is 31.1 Å². The molecule has 0 aliphatic heterocycles. The van der Waals surface area contributed by atoms with Crippen molar-refractivity contribution in [1.29, 1.82) is 0 Å². The zero-order chi connectivity index (χ0) is 20.2. The average Bonchev–Trinajstić information content (AvgIpc) is 3.44. The van der Waals surface area contributed by atoms with Crippen molar-refractivity contribution in [3.63, 3.8) is 0 Å². The molecule has 144 valence electrons. The van der Waals surface area contributed by atoms with E-state index in [1.807, 2.05) is 6.07 Å². The van der Waals surface area contributed by atoms with Crippen molar-refractivity contribution < 1.29 is 14.0 Å². The minimum Gasteiger partial charge on any atom is -0.451 e. The smallest absolute Gasteiger partial charge is 0.305 e. The van der Waals surface area contributed by atoms with Crippen LogP contribution in [0.15, 0.2) is 71.4 Å². The molecule has 0 saturated heterocycles. The van der Waals surface area contributed by atoms with E-state index in [4.69, 9.17) is 16.0 Å². The number of hydrogen-bond donors (Lipinski definition) is 2. The number of carbonyl (C=O) groups is 2. The molecule has 2 N–H and O–H groups in total. The average molecular weight is 409 g/mol. The van der Waals surface area contributed by atoms with Gasteiger partial charge in [-0.05, 0) is 59.0 Å². The SMILES string of the molecule is O=C(NNC(=O)c1ccc(-c2ccccc2Cl)o1)c1ccc(-n2cnnn2)cc1. The second kappa shape index (κ2) is 7.95. The van der Waals surface area contributed by atoms with Gasteiger partial charge in [-0.25, -0.2) is 4.68 Å². The Kier molecular flexibility index (Phi) is 5.04. The van der Waals surface area contributed by atoms with E-state index in [-0.39, 0.29) is 5.76 Å². The van der Waals surface area contributed by atoms with Gasteiger partial charge in [-0.3, -0.25) is 20.4 Å². The van der Waals surface area contributed by atoms with Crippen molar-refractivity contribution in [3.05, 3.63) is 83.3 Å². The molecule has 0 aliphatic carbocycles. The third-order valence-corrected chi connectivity index (χ3v) is 4.33. The number of hydrazine groups is 1. The van der Waals surface area contributed by atoms with Crippen LogP contribution in [-0.2, 0) is 0 Å². The van der Waals surface area contributed by atoms with Gasteiger partial charge in [0, 0.05) is 11.1 Å². The third kappa shape index (κ3) is 3.99. The Hall–Kier alpha value is -3.98. The quantitative estimate of drug-likeness (QED) is 0.501. The van der Waals surface area contributed by atoms with E-state index < -0.39 is 11.8 Å². The topological polar surface area (TPSA) is 115 Å². The van der Waals surface area contributed by atoms with Crippen LogP contribution in [-0.4, -0.2) is 32.0 Å². The molecule has 2 amide bonds. The lowest BCUT2D eigenvalue weighted by molar-refractivity contribution is 0.0831. The van der Waals surface area contributed by atoms with Gasteiger partial charge in [-0.15, -0.1) is 5.10 Å². The van der Waals surface area contributed by atoms with E-state index in [0.717, 1.165) is 0 Å². The molecule has 9 nitrogen and oxygen atoms in total. The van der Waals surface area contributed by atoms with Gasteiger partial charge in [-0.1, -0.05) is 23.7 Å². The molecular weight excluding hydrogens is 396 g/mol. The normalized spacial score (nSPS) is 10.5. The Morgan fingerprint density at radius 2 is 1.69 bits per heavy atom. The summed E-state index contributed by atoms with van der Waals surface area (Å²) in [6.45, 7) is 0. The Balaban J connectivity index is 1.38. The molecular formula is C19H13ClN6O3. The number of nitrogens with one attached hydrogen (secondary N) is 2. The van der Waals surface area contributed by atoms with Crippen molar-refractivity contribution >= 4 is 23.4 Å². The van der Waals surface area contributed by atoms with E-state index in [9.17, 15) is 9.59 Å². The first kappa shape index (κ1) is 18.4. The highest BCUT2D eigenvalue weighted by molar-refractivity contribution is 6.33. The van der Waals surface area contributed by atoms with Crippen LogP contribution in [0.2, 0.25) is 5.02 Å². The van der Waals surface area contributed by atoms with Crippen LogP contribution in [0.25, 0.3) is 17.0 Å². The predicted molar refractivity (Wildman–Crippen MR) is 103 cm³/mol. The molecule has 10 heteroatoms. The molecule has 4 aromatic rings. The molecule has 0 bridgehead atoms. The highest BCUT2D eigenvalue weighted by Gasteiger charge is 2.15. The summed E-state index contributed by atoms with van der Waals surface area (Å²) in [6.07, 6.45) is 1.44. The molecule has 0 atom stereocenters. The predicted octanol–water partition coefficient (Wildman–Crippen LogP) is 2.65. The number of halogens is 1. The highest BCUT2D eigenvalue weighted by Crippen LogP contribution is 2.28. The molecule has 0 unspecified atom stereocenters. The van der Waals surface area contributed by atoms with Gasteiger partial charge < -0.3 is 4.42 Å². The minimum absolute atomic E-state index is 0.0363. The maximum Gasteiger partial charge on any atom is 0.305 e. The summed E-state index contributed by atoms with van der Waals surface area (Å²) in [5.74, 6) is -0.596. The van der Waals surface area contributed by atoms with Gasteiger partial charge in [0.2, 0.25) is 0 Å². The molecule has 2 heterocycles. The fourth-order valence-electron chi connectivity index (χ4n) is 2.56. The number of carbonyl (C=O) groups excluding carboxylic acids is 2. The lowest BCUT2D eigenvalue weighted by Gasteiger charge is -2.07. The van der Waals surface area contributed by atoms with Crippen LogP contribution >= 0.6 is 11.6 Å². The van der Waals surface area contributed by atoms with Crippen LogP contribution in [0.1, 0.15) is 20.9 Å². The zero-order valence-corrected chi connectivity index (χ0v) is 15.5. The number of hydrogen-bond acceptors (Lipinski definition) is 6. The second-order valence-electron chi connectivity index (χ2n) is 5.85. The van der Waals surface area contributed by atoms with E-state index in [1.54, 1.807) is 48.5 Å². The number of furan rings is 1. The van der Waals surface area contributed by atoms with Gasteiger partial charge in [0.25, 0.3) is 5.91 Å². The van der Waals surface area contributed by atoms with Crippen LogP contribution in [0.4, 0.5) is 0 Å². The lowest BCUT2D eigenvalue weighted by atomic mass is 10.2. The summed E-state index contributed by atoms with van der Waals surface area (Å²) in [6, 6.07) is 16.8. The summed E-state index contributed by atoms with van der Waals surface area (Å²) in [5, 5.41) is 11.4. The van der Waals surface area contributed by atoms with E-state index >= 15 is 0 Å². The monoisotopic (exact) mass is 408 g/mol. The minimum atomic E-state index is -0.595. The van der Waals surface area contributed by atoms with Gasteiger partial charge in [-0.2, -0.15) is 0 Å². The first-order valence-electron chi connectivity index (χ1n) is 8.40. The van der Waals surface area contributed by atoms with Gasteiger partial charge >= 0.3 is 5.91 Å². The summed E-state index contributed by atoms with van der Waals surface area (Å²) >= 11 is 6.13. The number of benzene rings is 2. The largest absolute Gasteiger partial charge is 0.451 e. The highest BCUT2D eigenvalue weighted by atomic mass is 35.5. The van der Waals surface area contributed by atoms with Gasteiger partial charge in [0.05, 0.1) is 10.7 Å². The van der Waals surface area contributed by atoms with E-state index in [0.29, 0.717) is 27.6 Å². The molecule has 0 radical (unpaired) electrons. The number of aromatic nitrogens is 4. The van der Waals surface area contributed by atoms with E-state index in [2.05, 4.69) is 26.4 Å². The fourth-order valence-corrected chi connectivity index (χ4v) is 2.79. The standard InChI is InChI=1S/C19H13ClN6O3/c20-15-4-2-1-3-14(15)16-9-10-17(29-16)19(28)23-22-18(27)12-5-7-13(8-6-12)26-11-21-24-25-26/h1-11H,(H,22,27)(H,23,28). The Morgan fingerprint density at radius 1 is 0.931 bits per heavy atom. The van der Waals surface area contributed by atoms with Crippen LogP contribution in [0.3, 0.4) is 0 Å². The molecule has 2 aromatic heterocycles. The van der Waals surface area contributed by atoms with Gasteiger partial charge in [0.1, 0.15) is 12.1 Å². The van der Waals surface area contributed by atoms with Crippen molar-refractivity contribution in [2.24, 2.45) is 0 Å². The Labute approximate surface area is 169 Å². The number of nitrogens with zero attached hydrogens (tertiary/aromatic N) is 4. The third-order valence-electron chi connectivity index (χ3n) is 4.00. The second-order valence-corrected chi connectivity index (χ2v) is 6.26. The molecule has 4 rings (SSSR count). The molecule has 0 aliphatic rings.